The third-order valence-electron chi connectivity index (χ3n) is 3.90. The minimum Gasteiger partial charge on any atom is -0.506 e. The van der Waals surface area contributed by atoms with Crippen LogP contribution in [0, 0.1) is 12.8 Å². The highest BCUT2D eigenvalue weighted by molar-refractivity contribution is 6.04. The van der Waals surface area contributed by atoms with E-state index in [-0.39, 0.29) is 11.7 Å². The molecule has 1 atom stereocenters. The predicted molar refractivity (Wildman–Crippen MR) is 78.5 cm³/mol. The fraction of sp³-hybridized carbons (Fsp3) is 0.375. The van der Waals surface area contributed by atoms with E-state index in [1.54, 1.807) is 18.2 Å². The van der Waals surface area contributed by atoms with Gasteiger partial charge in [-0.2, -0.15) is 0 Å². The molecule has 1 aromatic carbocycles. The van der Waals surface area contributed by atoms with Crippen molar-refractivity contribution in [3.05, 3.63) is 40.8 Å². The summed E-state index contributed by atoms with van der Waals surface area (Å²) >= 11 is 0. The first-order chi connectivity index (χ1) is 10.0. The average molecular weight is 286 g/mol. The lowest BCUT2D eigenvalue weighted by Crippen LogP contribution is -2.18. The van der Waals surface area contributed by atoms with Crippen molar-refractivity contribution in [2.24, 2.45) is 5.92 Å². The third-order valence-corrected chi connectivity index (χ3v) is 3.90. The van der Waals surface area contributed by atoms with E-state index in [2.05, 4.69) is 17.4 Å². The second-order valence-electron chi connectivity index (χ2n) is 5.76. The standard InChI is InChI=1S/C16H18N2O3/c1-9-4-6-14-11(7-9)15(18-21-14)16(20)17-12-8-10(2)3-5-13(12)19/h3,5,8-9,19H,4,6-7H2,1-2H3,(H,17,20)/t9-/m1/s1. The van der Waals surface area contributed by atoms with Crippen LogP contribution in [0.2, 0.25) is 0 Å². The summed E-state index contributed by atoms with van der Waals surface area (Å²) in [4.78, 5) is 12.4. The highest BCUT2D eigenvalue weighted by Gasteiger charge is 2.27. The topological polar surface area (TPSA) is 75.4 Å². The summed E-state index contributed by atoms with van der Waals surface area (Å²) in [6.07, 6.45) is 2.69. The number of phenolic OH excluding ortho intramolecular Hbond substituents is 1. The maximum atomic E-state index is 12.4. The molecule has 0 aliphatic heterocycles. The molecule has 0 spiro atoms. The van der Waals surface area contributed by atoms with Crippen molar-refractivity contribution in [2.75, 3.05) is 5.32 Å². The summed E-state index contributed by atoms with van der Waals surface area (Å²) in [5.41, 5.74) is 2.58. The molecule has 0 saturated carbocycles. The fourth-order valence-electron chi connectivity index (χ4n) is 2.69. The number of carbonyl (C=O) groups excluding carboxylic acids is 1. The molecule has 2 aromatic rings. The van der Waals surface area contributed by atoms with Crippen LogP contribution in [0.15, 0.2) is 22.7 Å². The van der Waals surface area contributed by atoms with E-state index in [4.69, 9.17) is 4.52 Å². The van der Waals surface area contributed by atoms with Crippen LogP contribution in [0.3, 0.4) is 0 Å². The Morgan fingerprint density at radius 3 is 3.10 bits per heavy atom. The molecule has 1 amide bonds. The normalized spacial score (nSPS) is 17.3. The number of aryl methyl sites for hydroxylation is 2. The molecule has 1 aliphatic rings. The van der Waals surface area contributed by atoms with Gasteiger partial charge in [-0.3, -0.25) is 4.79 Å². The largest absolute Gasteiger partial charge is 0.506 e. The predicted octanol–water partition coefficient (Wildman–Crippen LogP) is 3.07. The summed E-state index contributed by atoms with van der Waals surface area (Å²) in [6, 6.07) is 5.07. The van der Waals surface area contributed by atoms with Crippen molar-refractivity contribution in [2.45, 2.75) is 33.1 Å². The van der Waals surface area contributed by atoms with Gasteiger partial charge in [0.05, 0.1) is 5.69 Å². The van der Waals surface area contributed by atoms with Gasteiger partial charge in [0.1, 0.15) is 11.5 Å². The smallest absolute Gasteiger partial charge is 0.278 e. The fourth-order valence-corrected chi connectivity index (χ4v) is 2.69. The Kier molecular flexibility index (Phi) is 3.41. The molecule has 1 aliphatic carbocycles. The second kappa shape index (κ2) is 5.24. The SMILES string of the molecule is Cc1ccc(O)c(NC(=O)c2noc3c2C[C@H](C)CC3)c1. The molecule has 1 heterocycles. The van der Waals surface area contributed by atoms with Gasteiger partial charge in [-0.05, 0) is 43.4 Å². The van der Waals surface area contributed by atoms with E-state index in [1.165, 1.54) is 0 Å². The lowest BCUT2D eigenvalue weighted by atomic mass is 9.88. The van der Waals surface area contributed by atoms with E-state index in [0.29, 0.717) is 17.3 Å². The zero-order chi connectivity index (χ0) is 15.0. The maximum Gasteiger partial charge on any atom is 0.278 e. The minimum absolute atomic E-state index is 0.0414. The van der Waals surface area contributed by atoms with Crippen LogP contribution in [-0.2, 0) is 12.8 Å². The number of aromatic nitrogens is 1. The molecule has 0 bridgehead atoms. The summed E-state index contributed by atoms with van der Waals surface area (Å²) in [6.45, 7) is 4.05. The summed E-state index contributed by atoms with van der Waals surface area (Å²) in [5, 5.41) is 16.4. The van der Waals surface area contributed by atoms with Crippen molar-refractivity contribution < 1.29 is 14.4 Å². The van der Waals surface area contributed by atoms with Crippen molar-refractivity contribution in [3.8, 4) is 5.75 Å². The number of hydrogen-bond acceptors (Lipinski definition) is 4. The maximum absolute atomic E-state index is 12.4. The van der Waals surface area contributed by atoms with Gasteiger partial charge in [-0.15, -0.1) is 0 Å². The minimum atomic E-state index is -0.338. The number of amides is 1. The molecule has 0 fully saturated rings. The first-order valence-corrected chi connectivity index (χ1v) is 7.13. The van der Waals surface area contributed by atoms with Gasteiger partial charge < -0.3 is 14.9 Å². The molecule has 0 unspecified atom stereocenters. The van der Waals surface area contributed by atoms with Gasteiger partial charge in [0.15, 0.2) is 5.69 Å². The molecular weight excluding hydrogens is 268 g/mol. The lowest BCUT2D eigenvalue weighted by Gasteiger charge is -2.16. The van der Waals surface area contributed by atoms with Gasteiger partial charge in [0.25, 0.3) is 5.91 Å². The number of nitrogens with zero attached hydrogens (tertiary/aromatic N) is 1. The second-order valence-corrected chi connectivity index (χ2v) is 5.76. The lowest BCUT2D eigenvalue weighted by molar-refractivity contribution is 0.101. The molecule has 110 valence electrons. The zero-order valence-electron chi connectivity index (χ0n) is 12.1. The molecule has 21 heavy (non-hydrogen) atoms. The van der Waals surface area contributed by atoms with E-state index in [1.807, 2.05) is 6.92 Å². The molecule has 5 nitrogen and oxygen atoms in total. The Morgan fingerprint density at radius 2 is 2.29 bits per heavy atom. The van der Waals surface area contributed by atoms with Gasteiger partial charge in [-0.1, -0.05) is 18.1 Å². The Hall–Kier alpha value is -2.30. The van der Waals surface area contributed by atoms with Crippen LogP contribution in [0.25, 0.3) is 0 Å². The van der Waals surface area contributed by atoms with E-state index >= 15 is 0 Å². The highest BCUT2D eigenvalue weighted by atomic mass is 16.5. The van der Waals surface area contributed by atoms with Gasteiger partial charge in [0.2, 0.25) is 0 Å². The quantitative estimate of drug-likeness (QED) is 0.832. The van der Waals surface area contributed by atoms with Crippen molar-refractivity contribution in [3.63, 3.8) is 0 Å². The Bertz CT molecular complexity index is 691. The third kappa shape index (κ3) is 2.63. The number of fused-ring (bicyclic) bond motifs is 1. The number of hydrogen-bond donors (Lipinski definition) is 2. The van der Waals surface area contributed by atoms with Crippen molar-refractivity contribution in [1.82, 2.24) is 5.16 Å². The van der Waals surface area contributed by atoms with Gasteiger partial charge >= 0.3 is 0 Å². The van der Waals surface area contributed by atoms with E-state index in [9.17, 15) is 9.90 Å². The van der Waals surface area contributed by atoms with E-state index in [0.717, 1.165) is 36.1 Å². The molecule has 3 rings (SSSR count). The first kappa shape index (κ1) is 13.7. The van der Waals surface area contributed by atoms with Gasteiger partial charge in [0, 0.05) is 12.0 Å². The van der Waals surface area contributed by atoms with Crippen LogP contribution in [0.5, 0.6) is 5.75 Å². The molecule has 0 radical (unpaired) electrons. The van der Waals surface area contributed by atoms with Crippen molar-refractivity contribution in [1.29, 1.82) is 0 Å². The molecule has 5 heteroatoms. The van der Waals surface area contributed by atoms with Crippen LogP contribution in [0.1, 0.15) is 40.7 Å². The molecule has 2 N–H and O–H groups in total. The number of benzene rings is 1. The monoisotopic (exact) mass is 286 g/mol. The zero-order valence-corrected chi connectivity index (χ0v) is 12.1. The highest BCUT2D eigenvalue weighted by Crippen LogP contribution is 2.29. The average Bonchev–Trinajstić information content (AvgIpc) is 2.85. The number of phenols is 1. The van der Waals surface area contributed by atoms with Gasteiger partial charge in [-0.25, -0.2) is 0 Å². The van der Waals surface area contributed by atoms with Crippen LogP contribution < -0.4 is 5.32 Å². The Morgan fingerprint density at radius 1 is 1.48 bits per heavy atom. The molecule has 0 saturated heterocycles. The number of aromatic hydroxyl groups is 1. The summed E-state index contributed by atoms with van der Waals surface area (Å²) in [7, 11) is 0. The van der Waals surface area contributed by atoms with Crippen LogP contribution in [0.4, 0.5) is 5.69 Å². The number of anilines is 1. The van der Waals surface area contributed by atoms with Crippen LogP contribution >= 0.6 is 0 Å². The summed E-state index contributed by atoms with van der Waals surface area (Å²) < 4.78 is 5.27. The number of nitrogens with one attached hydrogen (secondary N) is 1. The first-order valence-electron chi connectivity index (χ1n) is 7.13. The number of carbonyl (C=O) groups is 1. The van der Waals surface area contributed by atoms with E-state index < -0.39 is 0 Å². The Balaban J connectivity index is 1.86. The number of rotatable bonds is 2. The van der Waals surface area contributed by atoms with Crippen LogP contribution in [-0.4, -0.2) is 16.2 Å². The Labute approximate surface area is 123 Å². The molecule has 1 aromatic heterocycles. The summed E-state index contributed by atoms with van der Waals surface area (Å²) in [5.74, 6) is 1.04. The molecular formula is C16H18N2O3. The van der Waals surface area contributed by atoms with Crippen molar-refractivity contribution >= 4 is 11.6 Å².